The van der Waals surface area contributed by atoms with Crippen molar-refractivity contribution < 1.29 is 4.79 Å². The van der Waals surface area contributed by atoms with Crippen LogP contribution in [-0.2, 0) is 0 Å². The van der Waals surface area contributed by atoms with Gasteiger partial charge >= 0.3 is 0 Å². The second-order valence-corrected chi connectivity index (χ2v) is 5.60. The Labute approximate surface area is 152 Å². The van der Waals surface area contributed by atoms with Crippen molar-refractivity contribution in [3.8, 4) is 6.07 Å². The van der Waals surface area contributed by atoms with Crippen LogP contribution in [0.4, 0.5) is 17.1 Å². The molecule has 0 atom stereocenters. The predicted octanol–water partition coefficient (Wildman–Crippen LogP) is 4.36. The Balaban J connectivity index is 1.87. The lowest BCUT2D eigenvalue weighted by atomic mass is 10.2. The molecule has 128 valence electrons. The number of anilines is 3. The van der Waals surface area contributed by atoms with Gasteiger partial charge in [0.15, 0.2) is 0 Å². The maximum absolute atomic E-state index is 12.9. The number of benzene rings is 2. The Morgan fingerprint density at radius 1 is 1.12 bits per heavy atom. The highest BCUT2D eigenvalue weighted by atomic mass is 16.2. The molecule has 0 aliphatic heterocycles. The van der Waals surface area contributed by atoms with Gasteiger partial charge in [-0.1, -0.05) is 30.3 Å². The fourth-order valence-corrected chi connectivity index (χ4v) is 2.66. The van der Waals surface area contributed by atoms with Gasteiger partial charge in [0.1, 0.15) is 11.8 Å². The Kier molecular flexibility index (Phi) is 5.25. The molecule has 0 fully saturated rings. The molecule has 0 spiro atoms. The third kappa shape index (κ3) is 3.70. The highest BCUT2D eigenvalue weighted by Gasteiger charge is 2.17. The summed E-state index contributed by atoms with van der Waals surface area (Å²) in [5.41, 5.74) is 3.10. The smallest absolute Gasteiger partial charge is 0.276 e. The SMILES string of the molecule is CCN(C(=O)c1cc(Nc2ccccc2C#N)ccn1)c1ccccc1. The van der Waals surface area contributed by atoms with E-state index in [1.165, 1.54) is 0 Å². The fraction of sp³-hybridized carbons (Fsp3) is 0.0952. The van der Waals surface area contributed by atoms with E-state index in [0.29, 0.717) is 29.2 Å². The molecule has 1 heterocycles. The molecule has 1 amide bonds. The molecule has 0 aliphatic carbocycles. The van der Waals surface area contributed by atoms with Crippen molar-refractivity contribution >= 4 is 23.0 Å². The Morgan fingerprint density at radius 2 is 1.85 bits per heavy atom. The minimum Gasteiger partial charge on any atom is -0.354 e. The van der Waals surface area contributed by atoms with E-state index >= 15 is 0 Å². The van der Waals surface area contributed by atoms with Crippen LogP contribution in [0.2, 0.25) is 0 Å². The Bertz CT molecular complexity index is 947. The number of pyridine rings is 1. The molecule has 1 N–H and O–H groups in total. The number of carbonyl (C=O) groups is 1. The van der Waals surface area contributed by atoms with E-state index in [4.69, 9.17) is 0 Å². The summed E-state index contributed by atoms with van der Waals surface area (Å²) in [5.74, 6) is -0.170. The van der Waals surface area contributed by atoms with E-state index in [-0.39, 0.29) is 5.91 Å². The summed E-state index contributed by atoms with van der Waals surface area (Å²) in [7, 11) is 0. The third-order valence-corrected chi connectivity index (χ3v) is 3.93. The van der Waals surface area contributed by atoms with Crippen molar-refractivity contribution in [3.63, 3.8) is 0 Å². The number of hydrogen-bond donors (Lipinski definition) is 1. The lowest BCUT2D eigenvalue weighted by molar-refractivity contribution is 0.0983. The van der Waals surface area contributed by atoms with E-state index in [0.717, 1.165) is 5.69 Å². The molecular weight excluding hydrogens is 324 g/mol. The molecule has 0 radical (unpaired) electrons. The molecule has 0 unspecified atom stereocenters. The lowest BCUT2D eigenvalue weighted by Crippen LogP contribution is -2.31. The molecule has 2 aromatic carbocycles. The van der Waals surface area contributed by atoms with Crippen molar-refractivity contribution in [1.29, 1.82) is 5.26 Å². The van der Waals surface area contributed by atoms with Gasteiger partial charge in [0.25, 0.3) is 5.91 Å². The molecule has 1 aromatic heterocycles. The summed E-state index contributed by atoms with van der Waals surface area (Å²) in [6.45, 7) is 2.47. The first-order valence-electron chi connectivity index (χ1n) is 8.32. The number of amides is 1. The van der Waals surface area contributed by atoms with Gasteiger partial charge in [-0.15, -0.1) is 0 Å². The number of hydrogen-bond acceptors (Lipinski definition) is 4. The van der Waals surface area contributed by atoms with Crippen LogP contribution in [0.5, 0.6) is 0 Å². The number of rotatable bonds is 5. The molecule has 0 saturated carbocycles. The van der Waals surface area contributed by atoms with Crippen LogP contribution in [0.25, 0.3) is 0 Å². The first kappa shape index (κ1) is 17.2. The van der Waals surface area contributed by atoms with Crippen LogP contribution in [0.15, 0.2) is 72.9 Å². The number of aromatic nitrogens is 1. The maximum atomic E-state index is 12.9. The second kappa shape index (κ2) is 7.95. The summed E-state index contributed by atoms with van der Waals surface area (Å²) >= 11 is 0. The Morgan fingerprint density at radius 3 is 2.58 bits per heavy atom. The van der Waals surface area contributed by atoms with Crippen LogP contribution < -0.4 is 10.2 Å². The maximum Gasteiger partial charge on any atom is 0.276 e. The van der Waals surface area contributed by atoms with Crippen LogP contribution in [0.1, 0.15) is 23.0 Å². The van der Waals surface area contributed by atoms with Gasteiger partial charge in [-0.2, -0.15) is 5.26 Å². The number of para-hydroxylation sites is 2. The molecule has 0 aliphatic rings. The summed E-state index contributed by atoms with van der Waals surface area (Å²) in [4.78, 5) is 18.8. The third-order valence-electron chi connectivity index (χ3n) is 3.93. The molecule has 26 heavy (non-hydrogen) atoms. The van der Waals surface area contributed by atoms with E-state index in [1.54, 1.807) is 29.3 Å². The summed E-state index contributed by atoms with van der Waals surface area (Å²) in [6.07, 6.45) is 1.59. The zero-order chi connectivity index (χ0) is 18.4. The standard InChI is InChI=1S/C21H18N4O/c1-2-25(18-9-4-3-5-10-18)21(26)20-14-17(12-13-23-20)24-19-11-7-6-8-16(19)15-22/h3-14H,2H2,1H3,(H,23,24). The van der Waals surface area contributed by atoms with Crippen molar-refractivity contribution in [2.45, 2.75) is 6.92 Å². The zero-order valence-corrected chi connectivity index (χ0v) is 14.4. The average Bonchev–Trinajstić information content (AvgIpc) is 2.70. The van der Waals surface area contributed by atoms with Gasteiger partial charge < -0.3 is 10.2 Å². The normalized spacial score (nSPS) is 10.0. The summed E-state index contributed by atoms with van der Waals surface area (Å²) in [6, 6.07) is 22.3. The van der Waals surface area contributed by atoms with Crippen LogP contribution in [0, 0.1) is 11.3 Å². The first-order valence-corrected chi connectivity index (χ1v) is 8.32. The van der Waals surface area contributed by atoms with Gasteiger partial charge in [0.2, 0.25) is 0 Å². The van der Waals surface area contributed by atoms with Crippen LogP contribution in [0.3, 0.4) is 0 Å². The number of nitrogens with one attached hydrogen (secondary N) is 1. The zero-order valence-electron chi connectivity index (χ0n) is 14.4. The van der Waals surface area contributed by atoms with Gasteiger partial charge in [0.05, 0.1) is 11.3 Å². The molecule has 3 rings (SSSR count). The van der Waals surface area contributed by atoms with E-state index < -0.39 is 0 Å². The van der Waals surface area contributed by atoms with E-state index in [9.17, 15) is 10.1 Å². The minimum atomic E-state index is -0.170. The van der Waals surface area contributed by atoms with Crippen LogP contribution in [-0.4, -0.2) is 17.4 Å². The Hall–Kier alpha value is -3.65. The quantitative estimate of drug-likeness (QED) is 0.748. The molecule has 0 bridgehead atoms. The van der Waals surface area contributed by atoms with Crippen molar-refractivity contribution in [2.24, 2.45) is 0 Å². The van der Waals surface area contributed by atoms with Gasteiger partial charge in [-0.3, -0.25) is 9.78 Å². The van der Waals surface area contributed by atoms with E-state index in [1.807, 2.05) is 55.5 Å². The van der Waals surface area contributed by atoms with Gasteiger partial charge in [0, 0.05) is 24.1 Å². The fourth-order valence-electron chi connectivity index (χ4n) is 2.66. The number of nitrogens with zero attached hydrogens (tertiary/aromatic N) is 3. The van der Waals surface area contributed by atoms with Crippen LogP contribution >= 0.6 is 0 Å². The topological polar surface area (TPSA) is 69.0 Å². The van der Waals surface area contributed by atoms with Crippen molar-refractivity contribution in [3.05, 3.63) is 84.2 Å². The summed E-state index contributed by atoms with van der Waals surface area (Å²) < 4.78 is 0. The predicted molar refractivity (Wildman–Crippen MR) is 102 cm³/mol. The number of carbonyl (C=O) groups excluding carboxylic acids is 1. The van der Waals surface area contributed by atoms with Crippen molar-refractivity contribution in [2.75, 3.05) is 16.8 Å². The monoisotopic (exact) mass is 342 g/mol. The minimum absolute atomic E-state index is 0.170. The second-order valence-electron chi connectivity index (χ2n) is 5.60. The highest BCUT2D eigenvalue weighted by molar-refractivity contribution is 6.05. The summed E-state index contributed by atoms with van der Waals surface area (Å²) in [5, 5.41) is 12.4. The molecular formula is C21H18N4O. The van der Waals surface area contributed by atoms with Gasteiger partial charge in [-0.05, 0) is 43.3 Å². The lowest BCUT2D eigenvalue weighted by Gasteiger charge is -2.20. The molecule has 5 heteroatoms. The number of nitriles is 1. The molecule has 0 saturated heterocycles. The van der Waals surface area contributed by atoms with E-state index in [2.05, 4.69) is 16.4 Å². The highest BCUT2D eigenvalue weighted by Crippen LogP contribution is 2.22. The van der Waals surface area contributed by atoms with Gasteiger partial charge in [-0.25, -0.2) is 0 Å². The van der Waals surface area contributed by atoms with Crippen molar-refractivity contribution in [1.82, 2.24) is 4.98 Å². The molecule has 3 aromatic rings. The largest absolute Gasteiger partial charge is 0.354 e. The molecule has 5 nitrogen and oxygen atoms in total. The average molecular weight is 342 g/mol. The first-order chi connectivity index (χ1) is 12.7.